The van der Waals surface area contributed by atoms with Gasteiger partial charge >= 0.3 is 0 Å². The second kappa shape index (κ2) is 9.53. The van der Waals surface area contributed by atoms with Crippen molar-refractivity contribution >= 4 is 11.8 Å². The summed E-state index contributed by atoms with van der Waals surface area (Å²) in [5, 5.41) is 3.42. The molecule has 1 saturated carbocycles. The lowest BCUT2D eigenvalue weighted by atomic mass is 9.71. The van der Waals surface area contributed by atoms with Gasteiger partial charge in [-0.3, -0.25) is 0 Å². The van der Waals surface area contributed by atoms with E-state index < -0.39 is 0 Å². The Balaban J connectivity index is 1.81. The summed E-state index contributed by atoms with van der Waals surface area (Å²) >= 11 is 2.03. The molecular formula is C19H31NS. The predicted molar refractivity (Wildman–Crippen MR) is 94.9 cm³/mol. The molecule has 0 aromatic heterocycles. The van der Waals surface area contributed by atoms with E-state index in [1.807, 2.05) is 11.8 Å². The van der Waals surface area contributed by atoms with Crippen molar-refractivity contribution in [1.82, 2.24) is 5.32 Å². The molecule has 1 aromatic carbocycles. The highest BCUT2D eigenvalue weighted by Crippen LogP contribution is 2.38. The van der Waals surface area contributed by atoms with Crippen LogP contribution < -0.4 is 5.32 Å². The van der Waals surface area contributed by atoms with Crippen LogP contribution >= 0.6 is 11.8 Å². The van der Waals surface area contributed by atoms with Gasteiger partial charge in [0.25, 0.3) is 0 Å². The van der Waals surface area contributed by atoms with Gasteiger partial charge in [0.05, 0.1) is 0 Å². The van der Waals surface area contributed by atoms with Crippen molar-refractivity contribution < 1.29 is 0 Å². The highest BCUT2D eigenvalue weighted by atomic mass is 32.2. The van der Waals surface area contributed by atoms with E-state index in [4.69, 9.17) is 0 Å². The maximum Gasteiger partial charge on any atom is 0.00719 e. The van der Waals surface area contributed by atoms with Crippen LogP contribution in [-0.4, -0.2) is 19.3 Å². The predicted octanol–water partition coefficient (Wildman–Crippen LogP) is 5.22. The number of rotatable bonds is 8. The van der Waals surface area contributed by atoms with Crippen molar-refractivity contribution in [3.63, 3.8) is 0 Å². The molecule has 0 spiro atoms. The minimum absolute atomic E-state index is 0.902. The Hall–Kier alpha value is -0.470. The number of thioether (sulfide) groups is 1. The van der Waals surface area contributed by atoms with Gasteiger partial charge in [-0.15, -0.1) is 11.8 Å². The van der Waals surface area contributed by atoms with E-state index in [9.17, 15) is 0 Å². The summed E-state index contributed by atoms with van der Waals surface area (Å²) in [7, 11) is 2.11. The Kier molecular flexibility index (Phi) is 7.66. The summed E-state index contributed by atoms with van der Waals surface area (Å²) in [4.78, 5) is 1.42. The summed E-state index contributed by atoms with van der Waals surface area (Å²) in [5.74, 6) is 4.10. The zero-order valence-corrected chi connectivity index (χ0v) is 14.5. The van der Waals surface area contributed by atoms with Gasteiger partial charge in [0.15, 0.2) is 0 Å². The fourth-order valence-electron chi connectivity index (χ4n) is 3.82. The summed E-state index contributed by atoms with van der Waals surface area (Å²) in [5.41, 5.74) is 0. The van der Waals surface area contributed by atoms with Crippen LogP contribution in [0.4, 0.5) is 0 Å². The van der Waals surface area contributed by atoms with E-state index in [0.29, 0.717) is 0 Å². The molecular weight excluding hydrogens is 274 g/mol. The largest absolute Gasteiger partial charge is 0.319 e. The molecule has 1 aromatic rings. The van der Waals surface area contributed by atoms with Gasteiger partial charge in [-0.2, -0.15) is 0 Å². The number of benzene rings is 1. The molecule has 1 fully saturated rings. The molecule has 3 atom stereocenters. The highest BCUT2D eigenvalue weighted by Gasteiger charge is 2.29. The molecule has 118 valence electrons. The Morgan fingerprint density at radius 1 is 1.10 bits per heavy atom. The van der Waals surface area contributed by atoms with Crippen LogP contribution in [0.25, 0.3) is 0 Å². The summed E-state index contributed by atoms with van der Waals surface area (Å²) in [6, 6.07) is 10.9. The van der Waals surface area contributed by atoms with Crippen LogP contribution in [-0.2, 0) is 0 Å². The minimum Gasteiger partial charge on any atom is -0.319 e. The van der Waals surface area contributed by atoms with E-state index >= 15 is 0 Å². The van der Waals surface area contributed by atoms with E-state index in [1.54, 1.807) is 0 Å². The zero-order chi connectivity index (χ0) is 14.9. The van der Waals surface area contributed by atoms with Gasteiger partial charge in [-0.05, 0) is 68.5 Å². The summed E-state index contributed by atoms with van der Waals surface area (Å²) in [6.45, 7) is 3.54. The van der Waals surface area contributed by atoms with Crippen molar-refractivity contribution in [3.8, 4) is 0 Å². The first-order valence-corrected chi connectivity index (χ1v) is 9.64. The molecule has 3 unspecified atom stereocenters. The van der Waals surface area contributed by atoms with Crippen molar-refractivity contribution in [1.29, 1.82) is 0 Å². The maximum atomic E-state index is 3.42. The number of hydrogen-bond acceptors (Lipinski definition) is 2. The fraction of sp³-hybridized carbons (Fsp3) is 0.684. The van der Waals surface area contributed by atoms with Crippen LogP contribution in [0.15, 0.2) is 35.2 Å². The third-order valence-electron chi connectivity index (χ3n) is 4.91. The molecule has 1 aliphatic rings. The van der Waals surface area contributed by atoms with Crippen LogP contribution in [0.2, 0.25) is 0 Å². The smallest absolute Gasteiger partial charge is 0.00719 e. The monoisotopic (exact) mass is 305 g/mol. The fourth-order valence-corrected chi connectivity index (χ4v) is 4.83. The van der Waals surface area contributed by atoms with Gasteiger partial charge in [0, 0.05) is 4.90 Å². The first-order chi connectivity index (χ1) is 10.3. The molecule has 0 bridgehead atoms. The zero-order valence-electron chi connectivity index (χ0n) is 13.7. The van der Waals surface area contributed by atoms with Gasteiger partial charge < -0.3 is 5.32 Å². The van der Waals surface area contributed by atoms with Gasteiger partial charge in [-0.1, -0.05) is 44.4 Å². The lowest BCUT2D eigenvalue weighted by Gasteiger charge is -2.36. The summed E-state index contributed by atoms with van der Waals surface area (Å²) in [6.07, 6.45) is 8.54. The van der Waals surface area contributed by atoms with Gasteiger partial charge in [0.2, 0.25) is 0 Å². The SMILES string of the molecule is CCCC1CCC(CNC)C(CCSc2ccccc2)C1. The van der Waals surface area contributed by atoms with Crippen LogP contribution in [0.1, 0.15) is 45.4 Å². The highest BCUT2D eigenvalue weighted by molar-refractivity contribution is 7.99. The average molecular weight is 306 g/mol. The van der Waals surface area contributed by atoms with Crippen molar-refractivity contribution in [2.45, 2.75) is 50.3 Å². The molecule has 1 aliphatic carbocycles. The Morgan fingerprint density at radius 2 is 1.90 bits per heavy atom. The van der Waals surface area contributed by atoms with Crippen molar-refractivity contribution in [2.75, 3.05) is 19.3 Å². The van der Waals surface area contributed by atoms with Crippen LogP contribution in [0, 0.1) is 17.8 Å². The molecule has 1 nitrogen and oxygen atoms in total. The molecule has 0 heterocycles. The Bertz CT molecular complexity index is 378. The van der Waals surface area contributed by atoms with Gasteiger partial charge in [-0.25, -0.2) is 0 Å². The molecule has 0 saturated heterocycles. The second-order valence-electron chi connectivity index (χ2n) is 6.50. The standard InChI is InChI=1S/C19H31NS/c1-3-7-16-10-11-18(15-20-2)17(14-16)12-13-21-19-8-5-4-6-9-19/h4-6,8-9,16-18,20H,3,7,10-15H2,1-2H3. The quantitative estimate of drug-likeness (QED) is 0.661. The van der Waals surface area contributed by atoms with Crippen molar-refractivity contribution in [2.24, 2.45) is 17.8 Å². The molecule has 2 rings (SSSR count). The van der Waals surface area contributed by atoms with E-state index in [1.165, 1.54) is 55.7 Å². The van der Waals surface area contributed by atoms with E-state index in [2.05, 4.69) is 49.6 Å². The van der Waals surface area contributed by atoms with E-state index in [-0.39, 0.29) is 0 Å². The average Bonchev–Trinajstić information content (AvgIpc) is 2.51. The molecule has 0 amide bonds. The maximum absolute atomic E-state index is 3.42. The van der Waals surface area contributed by atoms with Crippen LogP contribution in [0.3, 0.4) is 0 Å². The number of nitrogens with one attached hydrogen (secondary N) is 1. The lowest BCUT2D eigenvalue weighted by Crippen LogP contribution is -2.32. The minimum atomic E-state index is 0.902. The third-order valence-corrected chi connectivity index (χ3v) is 5.96. The third kappa shape index (κ3) is 5.67. The topological polar surface area (TPSA) is 12.0 Å². The molecule has 2 heteroatoms. The first-order valence-electron chi connectivity index (χ1n) is 8.66. The van der Waals surface area contributed by atoms with Gasteiger partial charge in [0.1, 0.15) is 0 Å². The van der Waals surface area contributed by atoms with E-state index in [0.717, 1.165) is 17.8 Å². The summed E-state index contributed by atoms with van der Waals surface area (Å²) < 4.78 is 0. The Morgan fingerprint density at radius 3 is 2.62 bits per heavy atom. The second-order valence-corrected chi connectivity index (χ2v) is 7.66. The first kappa shape index (κ1) is 16.9. The molecule has 21 heavy (non-hydrogen) atoms. The molecule has 0 radical (unpaired) electrons. The molecule has 1 N–H and O–H groups in total. The normalized spacial score (nSPS) is 25.9. The molecule has 0 aliphatic heterocycles. The van der Waals surface area contributed by atoms with Crippen molar-refractivity contribution in [3.05, 3.63) is 30.3 Å². The number of hydrogen-bond donors (Lipinski definition) is 1. The van der Waals surface area contributed by atoms with Crippen LogP contribution in [0.5, 0.6) is 0 Å². The lowest BCUT2D eigenvalue weighted by molar-refractivity contribution is 0.167. The Labute approximate surface area is 135 Å².